The van der Waals surface area contributed by atoms with Gasteiger partial charge in [-0.15, -0.1) is 0 Å². The minimum atomic E-state index is 0.247. The largest absolute Gasteiger partial charge is 0.375 e. The van der Waals surface area contributed by atoms with Crippen LogP contribution in [0.5, 0.6) is 0 Å². The third kappa shape index (κ3) is 1.06. The Bertz CT molecular complexity index is 128. The lowest BCUT2D eigenvalue weighted by Crippen LogP contribution is -2.34. The van der Waals surface area contributed by atoms with E-state index >= 15 is 0 Å². The van der Waals surface area contributed by atoms with Gasteiger partial charge in [0.2, 0.25) is 0 Å². The predicted octanol–water partition coefficient (Wildman–Crippen LogP) is 1.34. The lowest BCUT2D eigenvalue weighted by Gasteiger charge is -2.29. The SMILES string of the molecule is C[C@H]1CC2(CO2)C[C@H](C)O1. The summed E-state index contributed by atoms with van der Waals surface area (Å²) in [5.74, 6) is 0. The van der Waals surface area contributed by atoms with E-state index in [4.69, 9.17) is 9.47 Å². The second-order valence-corrected chi connectivity index (χ2v) is 3.64. The molecule has 0 aliphatic carbocycles. The summed E-state index contributed by atoms with van der Waals surface area (Å²) in [6, 6.07) is 0. The standard InChI is InChI=1S/C8H14O2/c1-6-3-8(5-9-8)4-7(2)10-6/h6-7H,3-5H2,1-2H3/t6-,7-/m0/s1. The van der Waals surface area contributed by atoms with Crippen molar-refractivity contribution in [1.82, 2.24) is 0 Å². The lowest BCUT2D eigenvalue weighted by molar-refractivity contribution is -0.0602. The van der Waals surface area contributed by atoms with Gasteiger partial charge >= 0.3 is 0 Å². The van der Waals surface area contributed by atoms with Crippen LogP contribution in [0.1, 0.15) is 26.7 Å². The fourth-order valence-electron chi connectivity index (χ4n) is 1.96. The van der Waals surface area contributed by atoms with Gasteiger partial charge in [-0.25, -0.2) is 0 Å². The predicted molar refractivity (Wildman–Crippen MR) is 37.9 cm³/mol. The van der Waals surface area contributed by atoms with Crippen LogP contribution in [0.25, 0.3) is 0 Å². The van der Waals surface area contributed by atoms with Gasteiger partial charge in [0.15, 0.2) is 0 Å². The van der Waals surface area contributed by atoms with Crippen LogP contribution >= 0.6 is 0 Å². The van der Waals surface area contributed by atoms with E-state index in [2.05, 4.69) is 13.8 Å². The zero-order chi connectivity index (χ0) is 7.19. The molecule has 2 aliphatic heterocycles. The Hall–Kier alpha value is -0.0800. The molecule has 2 fully saturated rings. The molecule has 2 nitrogen and oxygen atoms in total. The highest BCUT2D eigenvalue weighted by molar-refractivity contribution is 4.97. The minimum absolute atomic E-state index is 0.247. The molecule has 0 N–H and O–H groups in total. The van der Waals surface area contributed by atoms with Gasteiger partial charge in [-0.1, -0.05) is 0 Å². The van der Waals surface area contributed by atoms with Gasteiger partial charge in [0.05, 0.1) is 24.4 Å². The summed E-state index contributed by atoms with van der Waals surface area (Å²) >= 11 is 0. The summed E-state index contributed by atoms with van der Waals surface area (Å²) in [6.07, 6.45) is 2.98. The van der Waals surface area contributed by atoms with Crippen molar-refractivity contribution < 1.29 is 9.47 Å². The first-order valence-corrected chi connectivity index (χ1v) is 4.00. The van der Waals surface area contributed by atoms with Crippen LogP contribution in [0.3, 0.4) is 0 Å². The maximum absolute atomic E-state index is 5.58. The maximum atomic E-state index is 5.58. The molecule has 58 valence electrons. The Morgan fingerprint density at radius 2 is 1.70 bits per heavy atom. The Kier molecular flexibility index (Phi) is 1.29. The Balaban J connectivity index is 2.00. The Labute approximate surface area is 61.5 Å². The van der Waals surface area contributed by atoms with Gasteiger partial charge in [0.1, 0.15) is 0 Å². The molecule has 0 aromatic heterocycles. The molecule has 0 saturated carbocycles. The van der Waals surface area contributed by atoms with Gasteiger partial charge in [0, 0.05) is 12.8 Å². The summed E-state index contributed by atoms with van der Waals surface area (Å²) in [5.41, 5.74) is 0.247. The number of hydrogen-bond acceptors (Lipinski definition) is 2. The van der Waals surface area contributed by atoms with E-state index in [0.717, 1.165) is 19.4 Å². The van der Waals surface area contributed by atoms with Gasteiger partial charge in [0.25, 0.3) is 0 Å². The highest BCUT2D eigenvalue weighted by atomic mass is 16.6. The summed E-state index contributed by atoms with van der Waals surface area (Å²) in [7, 11) is 0. The van der Waals surface area contributed by atoms with Gasteiger partial charge in [-0.05, 0) is 13.8 Å². The smallest absolute Gasteiger partial charge is 0.0965 e. The normalized spacial score (nSPS) is 53.4. The Morgan fingerprint density at radius 3 is 2.10 bits per heavy atom. The molecule has 2 heterocycles. The molecule has 0 amide bonds. The fourth-order valence-corrected chi connectivity index (χ4v) is 1.96. The molecule has 0 unspecified atom stereocenters. The van der Waals surface area contributed by atoms with Crippen molar-refractivity contribution in [3.05, 3.63) is 0 Å². The highest BCUT2D eigenvalue weighted by Gasteiger charge is 2.49. The van der Waals surface area contributed by atoms with E-state index < -0.39 is 0 Å². The van der Waals surface area contributed by atoms with E-state index in [1.165, 1.54) is 0 Å². The van der Waals surface area contributed by atoms with Crippen LogP contribution in [-0.2, 0) is 9.47 Å². The second kappa shape index (κ2) is 1.95. The molecular formula is C8H14O2. The monoisotopic (exact) mass is 142 g/mol. The summed E-state index contributed by atoms with van der Waals surface area (Å²) in [6.45, 7) is 5.21. The molecule has 2 rings (SSSR count). The number of ether oxygens (including phenoxy) is 2. The van der Waals surface area contributed by atoms with Crippen LogP contribution in [0.2, 0.25) is 0 Å². The average molecular weight is 142 g/mol. The summed E-state index contributed by atoms with van der Waals surface area (Å²) < 4.78 is 11.0. The van der Waals surface area contributed by atoms with Crippen LogP contribution in [0, 0.1) is 0 Å². The van der Waals surface area contributed by atoms with E-state index in [-0.39, 0.29) is 5.60 Å². The average Bonchev–Trinajstić information content (AvgIpc) is 2.44. The topological polar surface area (TPSA) is 21.8 Å². The first kappa shape index (κ1) is 6.62. The molecule has 2 atom stereocenters. The van der Waals surface area contributed by atoms with Crippen molar-refractivity contribution in [2.45, 2.75) is 44.5 Å². The molecule has 0 bridgehead atoms. The second-order valence-electron chi connectivity index (χ2n) is 3.64. The van der Waals surface area contributed by atoms with Crippen molar-refractivity contribution in [3.63, 3.8) is 0 Å². The van der Waals surface area contributed by atoms with Crippen LogP contribution in [0.15, 0.2) is 0 Å². The molecule has 2 saturated heterocycles. The molecule has 0 aromatic carbocycles. The first-order valence-electron chi connectivity index (χ1n) is 4.00. The van der Waals surface area contributed by atoms with E-state index in [9.17, 15) is 0 Å². The first-order chi connectivity index (χ1) is 4.70. The molecule has 2 aliphatic rings. The van der Waals surface area contributed by atoms with Gasteiger partial charge < -0.3 is 9.47 Å². The molecule has 0 radical (unpaired) electrons. The molecule has 2 heteroatoms. The highest BCUT2D eigenvalue weighted by Crippen LogP contribution is 2.41. The van der Waals surface area contributed by atoms with Gasteiger partial charge in [-0.2, -0.15) is 0 Å². The Morgan fingerprint density at radius 1 is 1.20 bits per heavy atom. The molecule has 1 spiro atoms. The van der Waals surface area contributed by atoms with Crippen LogP contribution < -0.4 is 0 Å². The van der Waals surface area contributed by atoms with Crippen LogP contribution in [0.4, 0.5) is 0 Å². The molecule has 0 aromatic rings. The lowest BCUT2D eigenvalue weighted by atomic mass is 9.93. The number of rotatable bonds is 0. The maximum Gasteiger partial charge on any atom is 0.0965 e. The molecule has 10 heavy (non-hydrogen) atoms. The van der Waals surface area contributed by atoms with E-state index in [1.807, 2.05) is 0 Å². The van der Waals surface area contributed by atoms with Crippen molar-refractivity contribution in [2.75, 3.05) is 6.61 Å². The van der Waals surface area contributed by atoms with E-state index in [1.54, 1.807) is 0 Å². The van der Waals surface area contributed by atoms with Crippen molar-refractivity contribution in [1.29, 1.82) is 0 Å². The molecular weight excluding hydrogens is 128 g/mol. The summed E-state index contributed by atoms with van der Waals surface area (Å²) in [5, 5.41) is 0. The van der Waals surface area contributed by atoms with Crippen molar-refractivity contribution in [2.24, 2.45) is 0 Å². The van der Waals surface area contributed by atoms with Gasteiger partial charge in [-0.3, -0.25) is 0 Å². The zero-order valence-electron chi connectivity index (χ0n) is 6.59. The fraction of sp³-hybridized carbons (Fsp3) is 1.00. The summed E-state index contributed by atoms with van der Waals surface area (Å²) in [4.78, 5) is 0. The van der Waals surface area contributed by atoms with Crippen molar-refractivity contribution >= 4 is 0 Å². The minimum Gasteiger partial charge on any atom is -0.375 e. The zero-order valence-corrected chi connectivity index (χ0v) is 6.59. The third-order valence-electron chi connectivity index (χ3n) is 2.34. The van der Waals surface area contributed by atoms with Crippen LogP contribution in [-0.4, -0.2) is 24.4 Å². The quantitative estimate of drug-likeness (QED) is 0.476. The number of epoxide rings is 1. The van der Waals surface area contributed by atoms with E-state index in [0.29, 0.717) is 12.2 Å². The number of hydrogen-bond donors (Lipinski definition) is 0. The van der Waals surface area contributed by atoms with Crippen molar-refractivity contribution in [3.8, 4) is 0 Å². The third-order valence-corrected chi connectivity index (χ3v) is 2.34.